The molecule has 2 heteroatoms. The summed E-state index contributed by atoms with van der Waals surface area (Å²) in [6.45, 7) is 6.42. The maximum absolute atomic E-state index is 3.78. The van der Waals surface area contributed by atoms with E-state index in [1.54, 1.807) is 19.3 Å². The first-order valence-corrected chi connectivity index (χ1v) is 9.56. The van der Waals surface area contributed by atoms with Crippen molar-refractivity contribution in [3.63, 3.8) is 0 Å². The Morgan fingerprint density at radius 2 is 1.52 bits per heavy atom. The fourth-order valence-corrected chi connectivity index (χ4v) is 6.70. The molecule has 1 N–H and O–H groups in total. The van der Waals surface area contributed by atoms with Crippen molar-refractivity contribution in [1.29, 1.82) is 0 Å². The molecule has 0 radical (unpaired) electrons. The molecular formula is C19H34N2. The van der Waals surface area contributed by atoms with Crippen LogP contribution in [0, 0.1) is 29.1 Å². The standard InChI is InChI=1S/C19H34N2/c1-14-3-5-21(6-4-14)13-18(20-2)19-10-15-7-16(11-19)9-17(8-15)12-19/h14-18,20H,3-13H2,1-2H3. The van der Waals surface area contributed by atoms with Crippen LogP contribution in [0.4, 0.5) is 0 Å². The number of rotatable bonds is 4. The van der Waals surface area contributed by atoms with Crippen LogP contribution in [0.3, 0.4) is 0 Å². The Bertz CT molecular complexity index is 334. The fraction of sp³-hybridized carbons (Fsp3) is 1.00. The van der Waals surface area contributed by atoms with Crippen LogP contribution in [-0.4, -0.2) is 37.6 Å². The Morgan fingerprint density at radius 3 is 2.00 bits per heavy atom. The molecule has 0 aromatic rings. The number of hydrogen-bond acceptors (Lipinski definition) is 2. The average Bonchev–Trinajstić information content (AvgIpc) is 2.45. The highest BCUT2D eigenvalue weighted by Crippen LogP contribution is 2.61. The third-order valence-electron chi connectivity index (χ3n) is 7.49. The summed E-state index contributed by atoms with van der Waals surface area (Å²) in [7, 11) is 2.23. The van der Waals surface area contributed by atoms with Gasteiger partial charge in [-0.25, -0.2) is 0 Å². The average molecular weight is 290 g/mol. The minimum absolute atomic E-state index is 0.659. The molecule has 0 aromatic heterocycles. The number of piperidine rings is 1. The van der Waals surface area contributed by atoms with Gasteiger partial charge in [-0.1, -0.05) is 6.92 Å². The number of likely N-dealkylation sites (tertiary alicyclic amines) is 1. The minimum Gasteiger partial charge on any atom is -0.315 e. The van der Waals surface area contributed by atoms with Crippen molar-refractivity contribution < 1.29 is 0 Å². The molecular weight excluding hydrogens is 256 g/mol. The molecule has 120 valence electrons. The second-order valence-electron chi connectivity index (χ2n) is 9.10. The third-order valence-corrected chi connectivity index (χ3v) is 7.49. The van der Waals surface area contributed by atoms with Crippen LogP contribution in [0.2, 0.25) is 0 Å². The second-order valence-corrected chi connectivity index (χ2v) is 9.10. The molecule has 5 aliphatic rings. The summed E-state index contributed by atoms with van der Waals surface area (Å²) in [5.74, 6) is 4.18. The van der Waals surface area contributed by atoms with Gasteiger partial charge in [0.25, 0.3) is 0 Å². The lowest BCUT2D eigenvalue weighted by Gasteiger charge is -2.60. The predicted octanol–water partition coefficient (Wildman–Crippen LogP) is 3.52. The summed E-state index contributed by atoms with van der Waals surface area (Å²) in [6.07, 6.45) is 12.1. The SMILES string of the molecule is CNC(CN1CCC(C)CC1)C12CC3CC(CC(C3)C1)C2. The smallest absolute Gasteiger partial charge is 0.0248 e. The number of likely N-dealkylation sites (N-methyl/N-ethyl adjacent to an activating group) is 1. The lowest BCUT2D eigenvalue weighted by molar-refractivity contribution is -0.0784. The Hall–Kier alpha value is -0.0800. The van der Waals surface area contributed by atoms with E-state index in [2.05, 4.69) is 24.2 Å². The molecule has 5 rings (SSSR count). The lowest BCUT2D eigenvalue weighted by Crippen LogP contribution is -2.59. The largest absolute Gasteiger partial charge is 0.315 e. The molecule has 1 atom stereocenters. The van der Waals surface area contributed by atoms with Crippen LogP contribution in [-0.2, 0) is 0 Å². The number of hydrogen-bond donors (Lipinski definition) is 1. The quantitative estimate of drug-likeness (QED) is 0.852. The highest BCUT2D eigenvalue weighted by molar-refractivity contribution is 5.06. The van der Waals surface area contributed by atoms with E-state index in [1.165, 1.54) is 51.7 Å². The Labute approximate surface area is 131 Å². The summed E-state index contributed by atoms with van der Waals surface area (Å²) in [5, 5.41) is 3.78. The first-order chi connectivity index (χ1) is 10.2. The molecule has 2 nitrogen and oxygen atoms in total. The van der Waals surface area contributed by atoms with E-state index >= 15 is 0 Å². The minimum atomic E-state index is 0.659. The van der Waals surface area contributed by atoms with Crippen LogP contribution in [0.5, 0.6) is 0 Å². The van der Waals surface area contributed by atoms with E-state index in [0.29, 0.717) is 5.41 Å². The van der Waals surface area contributed by atoms with Crippen LogP contribution >= 0.6 is 0 Å². The maximum Gasteiger partial charge on any atom is 0.0248 e. The highest BCUT2D eigenvalue weighted by Gasteiger charge is 2.53. The van der Waals surface area contributed by atoms with Gasteiger partial charge in [-0.3, -0.25) is 0 Å². The Kier molecular flexibility index (Phi) is 3.82. The topological polar surface area (TPSA) is 15.3 Å². The van der Waals surface area contributed by atoms with Gasteiger partial charge in [-0.15, -0.1) is 0 Å². The van der Waals surface area contributed by atoms with Gasteiger partial charge in [0, 0.05) is 12.6 Å². The van der Waals surface area contributed by atoms with Gasteiger partial charge in [0.1, 0.15) is 0 Å². The molecule has 5 fully saturated rings. The van der Waals surface area contributed by atoms with Crippen molar-refractivity contribution in [2.45, 2.75) is 64.3 Å². The van der Waals surface area contributed by atoms with Gasteiger partial charge in [0.2, 0.25) is 0 Å². The van der Waals surface area contributed by atoms with Crippen molar-refractivity contribution in [3.8, 4) is 0 Å². The highest BCUT2D eigenvalue weighted by atomic mass is 15.2. The summed E-state index contributed by atoms with van der Waals surface area (Å²) in [4.78, 5) is 2.76. The van der Waals surface area contributed by atoms with E-state index in [1.807, 2.05) is 0 Å². The van der Waals surface area contributed by atoms with Crippen LogP contribution in [0.15, 0.2) is 0 Å². The van der Waals surface area contributed by atoms with E-state index < -0.39 is 0 Å². The monoisotopic (exact) mass is 290 g/mol. The zero-order chi connectivity index (χ0) is 14.4. The van der Waals surface area contributed by atoms with Gasteiger partial charge in [-0.2, -0.15) is 0 Å². The van der Waals surface area contributed by atoms with Gasteiger partial charge < -0.3 is 10.2 Å². The van der Waals surface area contributed by atoms with Crippen molar-refractivity contribution in [2.75, 3.05) is 26.7 Å². The van der Waals surface area contributed by atoms with Gasteiger partial charge in [-0.05, 0) is 101 Å². The maximum atomic E-state index is 3.78. The fourth-order valence-electron chi connectivity index (χ4n) is 6.70. The normalized spacial score (nSPS) is 45.1. The predicted molar refractivity (Wildman–Crippen MR) is 88.3 cm³/mol. The first kappa shape index (κ1) is 14.5. The third kappa shape index (κ3) is 2.67. The first-order valence-electron chi connectivity index (χ1n) is 9.56. The Morgan fingerprint density at radius 1 is 1.00 bits per heavy atom. The van der Waals surface area contributed by atoms with Crippen molar-refractivity contribution in [2.24, 2.45) is 29.1 Å². The molecule has 1 unspecified atom stereocenters. The molecule has 0 spiro atoms. The zero-order valence-corrected chi connectivity index (χ0v) is 14.1. The molecule has 0 aromatic carbocycles. The van der Waals surface area contributed by atoms with Crippen LogP contribution in [0.1, 0.15) is 58.3 Å². The molecule has 4 bridgehead atoms. The molecule has 0 amide bonds. The number of nitrogens with zero attached hydrogens (tertiary/aromatic N) is 1. The van der Waals surface area contributed by atoms with E-state index in [9.17, 15) is 0 Å². The zero-order valence-electron chi connectivity index (χ0n) is 14.1. The Balaban J connectivity index is 1.45. The van der Waals surface area contributed by atoms with Crippen LogP contribution in [0.25, 0.3) is 0 Å². The molecule has 1 saturated heterocycles. The molecule has 4 aliphatic carbocycles. The van der Waals surface area contributed by atoms with E-state index in [0.717, 1.165) is 29.7 Å². The van der Waals surface area contributed by atoms with E-state index in [-0.39, 0.29) is 0 Å². The molecule has 1 aliphatic heterocycles. The van der Waals surface area contributed by atoms with Gasteiger partial charge >= 0.3 is 0 Å². The van der Waals surface area contributed by atoms with Crippen LogP contribution < -0.4 is 5.32 Å². The van der Waals surface area contributed by atoms with Crippen molar-refractivity contribution >= 4 is 0 Å². The summed E-state index contributed by atoms with van der Waals surface area (Å²) in [6, 6.07) is 0.749. The molecule has 4 saturated carbocycles. The van der Waals surface area contributed by atoms with Gasteiger partial charge in [0.15, 0.2) is 0 Å². The van der Waals surface area contributed by atoms with Crippen molar-refractivity contribution in [3.05, 3.63) is 0 Å². The molecule has 1 heterocycles. The molecule has 21 heavy (non-hydrogen) atoms. The van der Waals surface area contributed by atoms with Gasteiger partial charge in [0.05, 0.1) is 0 Å². The number of nitrogens with one attached hydrogen (secondary N) is 1. The van der Waals surface area contributed by atoms with Crippen molar-refractivity contribution in [1.82, 2.24) is 10.2 Å². The second kappa shape index (κ2) is 5.53. The summed E-state index contributed by atoms with van der Waals surface area (Å²) in [5.41, 5.74) is 0.659. The summed E-state index contributed by atoms with van der Waals surface area (Å²) < 4.78 is 0. The lowest BCUT2D eigenvalue weighted by atomic mass is 9.47. The van der Waals surface area contributed by atoms with E-state index in [4.69, 9.17) is 0 Å². The summed E-state index contributed by atoms with van der Waals surface area (Å²) >= 11 is 0.